The van der Waals surface area contributed by atoms with Crippen LogP contribution < -0.4 is 10.1 Å². The molecule has 0 amide bonds. The summed E-state index contributed by atoms with van der Waals surface area (Å²) in [5.41, 5.74) is 0. The van der Waals surface area contributed by atoms with Crippen LogP contribution in [0.1, 0.15) is 0 Å². The Morgan fingerprint density at radius 1 is 1.31 bits per heavy atom. The SMILES string of the molecule is C[NH2+]CCOc1c(Cl)cccc1Cl. The quantitative estimate of drug-likeness (QED) is 0.767. The molecular weight excluding hydrogens is 209 g/mol. The second kappa shape index (κ2) is 5.32. The second-order valence-electron chi connectivity index (χ2n) is 2.60. The van der Waals surface area contributed by atoms with Gasteiger partial charge in [0, 0.05) is 0 Å². The van der Waals surface area contributed by atoms with E-state index in [-0.39, 0.29) is 0 Å². The molecule has 1 aromatic rings. The van der Waals surface area contributed by atoms with E-state index in [1.807, 2.05) is 12.4 Å². The number of benzene rings is 1. The van der Waals surface area contributed by atoms with Gasteiger partial charge in [-0.1, -0.05) is 29.3 Å². The van der Waals surface area contributed by atoms with Crippen LogP contribution in [0.5, 0.6) is 5.75 Å². The minimum atomic E-state index is 0.559. The van der Waals surface area contributed by atoms with Gasteiger partial charge >= 0.3 is 0 Å². The van der Waals surface area contributed by atoms with Gasteiger partial charge in [0.15, 0.2) is 5.75 Å². The highest BCUT2D eigenvalue weighted by Crippen LogP contribution is 2.31. The fraction of sp³-hybridized carbons (Fsp3) is 0.333. The minimum Gasteiger partial charge on any atom is -0.485 e. The third-order valence-electron chi connectivity index (χ3n) is 1.57. The zero-order valence-electron chi connectivity index (χ0n) is 7.39. The second-order valence-corrected chi connectivity index (χ2v) is 3.41. The fourth-order valence-corrected chi connectivity index (χ4v) is 1.41. The average molecular weight is 221 g/mol. The summed E-state index contributed by atoms with van der Waals surface area (Å²) in [7, 11) is 1.98. The van der Waals surface area contributed by atoms with Crippen LogP contribution in [0.25, 0.3) is 0 Å². The molecule has 0 atom stereocenters. The molecule has 1 rings (SSSR count). The summed E-state index contributed by atoms with van der Waals surface area (Å²) < 4.78 is 5.41. The molecule has 0 bridgehead atoms. The molecule has 72 valence electrons. The van der Waals surface area contributed by atoms with Crippen LogP contribution in [-0.2, 0) is 0 Å². The van der Waals surface area contributed by atoms with E-state index in [1.54, 1.807) is 18.2 Å². The number of para-hydroxylation sites is 1. The Morgan fingerprint density at radius 3 is 2.46 bits per heavy atom. The van der Waals surface area contributed by atoms with Crippen LogP contribution in [0.4, 0.5) is 0 Å². The van der Waals surface area contributed by atoms with E-state index in [4.69, 9.17) is 27.9 Å². The van der Waals surface area contributed by atoms with Crippen LogP contribution in [-0.4, -0.2) is 20.2 Å². The summed E-state index contributed by atoms with van der Waals surface area (Å²) in [5.74, 6) is 0.577. The molecule has 0 spiro atoms. The summed E-state index contributed by atoms with van der Waals surface area (Å²) in [5, 5.41) is 3.15. The molecule has 0 saturated heterocycles. The Balaban J connectivity index is 2.64. The van der Waals surface area contributed by atoms with E-state index in [9.17, 15) is 0 Å². The van der Waals surface area contributed by atoms with Crippen molar-refractivity contribution in [3.8, 4) is 5.75 Å². The number of quaternary nitrogens is 1. The van der Waals surface area contributed by atoms with Crippen molar-refractivity contribution in [1.82, 2.24) is 0 Å². The summed E-state index contributed by atoms with van der Waals surface area (Å²) >= 11 is 11.8. The molecule has 0 saturated carbocycles. The fourth-order valence-electron chi connectivity index (χ4n) is 0.899. The van der Waals surface area contributed by atoms with Crippen molar-refractivity contribution >= 4 is 23.2 Å². The zero-order chi connectivity index (χ0) is 9.68. The van der Waals surface area contributed by atoms with E-state index >= 15 is 0 Å². The number of rotatable bonds is 4. The predicted octanol–water partition coefficient (Wildman–Crippen LogP) is 1.57. The van der Waals surface area contributed by atoms with Gasteiger partial charge in [0.25, 0.3) is 0 Å². The van der Waals surface area contributed by atoms with Crippen LogP contribution in [0, 0.1) is 0 Å². The molecular formula is C9H12Cl2NO+. The first-order valence-corrected chi connectivity index (χ1v) is 4.86. The largest absolute Gasteiger partial charge is 0.485 e. The van der Waals surface area contributed by atoms with Gasteiger partial charge in [-0.25, -0.2) is 0 Å². The van der Waals surface area contributed by atoms with Crippen molar-refractivity contribution in [3.05, 3.63) is 28.2 Å². The summed E-state index contributed by atoms with van der Waals surface area (Å²) in [4.78, 5) is 0. The molecule has 0 aliphatic heterocycles. The van der Waals surface area contributed by atoms with Crippen molar-refractivity contribution in [2.24, 2.45) is 0 Å². The summed E-state index contributed by atoms with van der Waals surface area (Å²) in [6.45, 7) is 1.50. The van der Waals surface area contributed by atoms with Crippen LogP contribution in [0.15, 0.2) is 18.2 Å². The highest BCUT2D eigenvalue weighted by Gasteiger charge is 2.05. The Morgan fingerprint density at radius 2 is 1.92 bits per heavy atom. The number of halogens is 2. The van der Waals surface area contributed by atoms with Gasteiger partial charge in [-0.15, -0.1) is 0 Å². The highest BCUT2D eigenvalue weighted by atomic mass is 35.5. The number of hydrogen-bond donors (Lipinski definition) is 1. The van der Waals surface area contributed by atoms with Crippen LogP contribution in [0.2, 0.25) is 10.0 Å². The smallest absolute Gasteiger partial charge is 0.156 e. The van der Waals surface area contributed by atoms with Gasteiger partial charge in [-0.05, 0) is 12.1 Å². The first-order chi connectivity index (χ1) is 6.25. The minimum absolute atomic E-state index is 0.559. The predicted molar refractivity (Wildman–Crippen MR) is 54.7 cm³/mol. The Labute approximate surface area is 87.8 Å². The summed E-state index contributed by atoms with van der Waals surface area (Å²) in [6.07, 6.45) is 0. The molecule has 2 nitrogen and oxygen atoms in total. The molecule has 0 aliphatic carbocycles. The number of hydrogen-bond acceptors (Lipinski definition) is 1. The molecule has 0 fully saturated rings. The molecule has 2 N–H and O–H groups in total. The molecule has 0 aromatic heterocycles. The molecule has 0 radical (unpaired) electrons. The molecule has 0 aliphatic rings. The van der Waals surface area contributed by atoms with Gasteiger partial charge in [0.05, 0.1) is 17.1 Å². The van der Waals surface area contributed by atoms with E-state index in [2.05, 4.69) is 0 Å². The number of nitrogens with two attached hydrogens (primary N) is 1. The standard InChI is InChI=1S/C9H11Cl2NO/c1-12-5-6-13-9-7(10)3-2-4-8(9)11/h2-4,12H,5-6H2,1H3/p+1. The Hall–Kier alpha value is -0.440. The van der Waals surface area contributed by atoms with Gasteiger partial charge in [0.1, 0.15) is 13.2 Å². The lowest BCUT2D eigenvalue weighted by Crippen LogP contribution is -2.80. The van der Waals surface area contributed by atoms with Crippen molar-refractivity contribution in [2.75, 3.05) is 20.2 Å². The zero-order valence-corrected chi connectivity index (χ0v) is 8.90. The van der Waals surface area contributed by atoms with E-state index in [0.29, 0.717) is 22.4 Å². The Kier molecular flexibility index (Phi) is 4.36. The van der Waals surface area contributed by atoms with Crippen LogP contribution >= 0.6 is 23.2 Å². The van der Waals surface area contributed by atoms with E-state index in [0.717, 1.165) is 6.54 Å². The first kappa shape index (κ1) is 10.6. The van der Waals surface area contributed by atoms with Gasteiger partial charge < -0.3 is 10.1 Å². The molecule has 13 heavy (non-hydrogen) atoms. The third kappa shape index (κ3) is 3.07. The Bertz CT molecular complexity index is 258. The molecule has 0 heterocycles. The van der Waals surface area contributed by atoms with Gasteiger partial charge in [0.2, 0.25) is 0 Å². The van der Waals surface area contributed by atoms with Crippen LogP contribution in [0.3, 0.4) is 0 Å². The van der Waals surface area contributed by atoms with E-state index in [1.165, 1.54) is 0 Å². The molecule has 1 aromatic carbocycles. The summed E-state index contributed by atoms with van der Waals surface area (Å²) in [6, 6.07) is 5.32. The van der Waals surface area contributed by atoms with Gasteiger partial charge in [-0.3, -0.25) is 0 Å². The maximum absolute atomic E-state index is 5.89. The lowest BCUT2D eigenvalue weighted by Gasteiger charge is -2.07. The van der Waals surface area contributed by atoms with Crippen molar-refractivity contribution in [2.45, 2.75) is 0 Å². The first-order valence-electron chi connectivity index (χ1n) is 4.10. The van der Waals surface area contributed by atoms with Crippen molar-refractivity contribution < 1.29 is 10.1 Å². The van der Waals surface area contributed by atoms with Crippen molar-refractivity contribution in [1.29, 1.82) is 0 Å². The maximum Gasteiger partial charge on any atom is 0.156 e. The average Bonchev–Trinajstić information content (AvgIpc) is 2.10. The van der Waals surface area contributed by atoms with Crippen molar-refractivity contribution in [3.63, 3.8) is 0 Å². The third-order valence-corrected chi connectivity index (χ3v) is 2.17. The van der Waals surface area contributed by atoms with E-state index < -0.39 is 0 Å². The molecule has 4 heteroatoms. The number of likely N-dealkylation sites (N-methyl/N-ethyl adjacent to an activating group) is 1. The van der Waals surface area contributed by atoms with Gasteiger partial charge in [-0.2, -0.15) is 0 Å². The maximum atomic E-state index is 5.89. The number of ether oxygens (including phenoxy) is 1. The normalized spacial score (nSPS) is 10.1. The molecule has 0 unspecified atom stereocenters. The monoisotopic (exact) mass is 220 g/mol. The lowest BCUT2D eigenvalue weighted by molar-refractivity contribution is -0.627. The highest BCUT2D eigenvalue weighted by molar-refractivity contribution is 6.37. The lowest BCUT2D eigenvalue weighted by atomic mass is 10.3. The topological polar surface area (TPSA) is 25.8 Å².